The van der Waals surface area contributed by atoms with Crippen molar-refractivity contribution in [2.24, 2.45) is 0 Å². The van der Waals surface area contributed by atoms with Gasteiger partial charge in [0.2, 0.25) is 0 Å². The minimum Gasteiger partial charge on any atom is -0.489 e. The lowest BCUT2D eigenvalue weighted by molar-refractivity contribution is 0.0697. The summed E-state index contributed by atoms with van der Waals surface area (Å²) in [5.74, 6) is -0.214. The molecule has 0 bridgehead atoms. The van der Waals surface area contributed by atoms with Crippen molar-refractivity contribution < 1.29 is 14.6 Å². The van der Waals surface area contributed by atoms with Crippen molar-refractivity contribution in [1.29, 1.82) is 0 Å². The number of benzene rings is 3. The van der Waals surface area contributed by atoms with Gasteiger partial charge in [-0.05, 0) is 36.8 Å². The molecular formula is C22H20ClNO3. The van der Waals surface area contributed by atoms with Crippen LogP contribution in [-0.4, -0.2) is 11.1 Å². The number of rotatable bonds is 7. The maximum atomic E-state index is 11.1. The molecule has 0 aliphatic heterocycles. The summed E-state index contributed by atoms with van der Waals surface area (Å²) in [5.41, 5.74) is 4.02. The second kappa shape index (κ2) is 8.60. The van der Waals surface area contributed by atoms with Gasteiger partial charge in [0.25, 0.3) is 0 Å². The maximum Gasteiger partial charge on any atom is 0.335 e. The number of halogens is 1. The molecule has 138 valence electrons. The zero-order valence-corrected chi connectivity index (χ0v) is 15.7. The van der Waals surface area contributed by atoms with Crippen molar-refractivity contribution in [1.82, 2.24) is 0 Å². The van der Waals surface area contributed by atoms with E-state index < -0.39 is 5.97 Å². The summed E-state index contributed by atoms with van der Waals surface area (Å²) < 4.78 is 5.99. The van der Waals surface area contributed by atoms with E-state index in [9.17, 15) is 4.79 Å². The van der Waals surface area contributed by atoms with E-state index in [2.05, 4.69) is 24.4 Å². The first-order valence-corrected chi connectivity index (χ1v) is 8.93. The number of anilines is 1. The van der Waals surface area contributed by atoms with Crippen molar-refractivity contribution in [3.05, 3.63) is 94.0 Å². The van der Waals surface area contributed by atoms with Gasteiger partial charge in [-0.3, -0.25) is 0 Å². The molecule has 0 radical (unpaired) electrons. The highest BCUT2D eigenvalue weighted by Gasteiger charge is 2.09. The van der Waals surface area contributed by atoms with Crippen molar-refractivity contribution in [3.63, 3.8) is 0 Å². The van der Waals surface area contributed by atoms with Gasteiger partial charge >= 0.3 is 5.97 Å². The topological polar surface area (TPSA) is 58.6 Å². The Balaban J connectivity index is 1.71. The van der Waals surface area contributed by atoms with Gasteiger partial charge in [0, 0.05) is 12.1 Å². The third-order valence-electron chi connectivity index (χ3n) is 4.13. The quantitative estimate of drug-likeness (QED) is 0.564. The molecule has 0 atom stereocenters. The number of hydrogen-bond donors (Lipinski definition) is 2. The van der Waals surface area contributed by atoms with E-state index >= 15 is 0 Å². The van der Waals surface area contributed by atoms with E-state index in [-0.39, 0.29) is 5.56 Å². The first-order chi connectivity index (χ1) is 13.0. The van der Waals surface area contributed by atoms with Gasteiger partial charge in [0.15, 0.2) is 0 Å². The Morgan fingerprint density at radius 2 is 1.89 bits per heavy atom. The molecule has 3 aromatic carbocycles. The summed E-state index contributed by atoms with van der Waals surface area (Å²) in [6, 6.07) is 20.5. The standard InChI is InChI=1S/C22H20ClNO3/c1-15-5-4-6-16(11-15)14-27-21-8-3-2-7-18(21)13-24-20-12-17(22(25)26)9-10-19(20)23/h2-12,24H,13-14H2,1H3,(H,25,26). The lowest BCUT2D eigenvalue weighted by Crippen LogP contribution is -2.05. The van der Waals surface area contributed by atoms with E-state index in [1.165, 1.54) is 17.7 Å². The Hall–Kier alpha value is -2.98. The van der Waals surface area contributed by atoms with Gasteiger partial charge in [-0.15, -0.1) is 0 Å². The van der Waals surface area contributed by atoms with Crippen LogP contribution >= 0.6 is 11.6 Å². The average molecular weight is 382 g/mol. The van der Waals surface area contributed by atoms with Crippen molar-refractivity contribution in [2.75, 3.05) is 5.32 Å². The minimum absolute atomic E-state index is 0.186. The van der Waals surface area contributed by atoms with Crippen LogP contribution in [0.25, 0.3) is 0 Å². The number of carbonyl (C=O) groups is 1. The summed E-state index contributed by atoms with van der Waals surface area (Å²) >= 11 is 6.18. The van der Waals surface area contributed by atoms with Crippen LogP contribution < -0.4 is 10.1 Å². The molecule has 0 aliphatic rings. The Kier molecular flexibility index (Phi) is 5.99. The van der Waals surface area contributed by atoms with Gasteiger partial charge in [-0.25, -0.2) is 4.79 Å². The SMILES string of the molecule is Cc1cccc(COc2ccccc2CNc2cc(C(=O)O)ccc2Cl)c1. The highest BCUT2D eigenvalue weighted by molar-refractivity contribution is 6.33. The molecule has 0 unspecified atom stereocenters. The number of aryl methyl sites for hydroxylation is 1. The third kappa shape index (κ3) is 5.02. The van der Waals surface area contributed by atoms with Gasteiger partial charge in [0.05, 0.1) is 16.3 Å². The predicted octanol–water partition coefficient (Wildman–Crippen LogP) is 5.54. The molecule has 0 aliphatic carbocycles. The van der Waals surface area contributed by atoms with Crippen LogP contribution in [0.1, 0.15) is 27.0 Å². The van der Waals surface area contributed by atoms with Crippen LogP contribution in [0, 0.1) is 6.92 Å². The van der Waals surface area contributed by atoms with E-state index in [0.717, 1.165) is 16.9 Å². The lowest BCUT2D eigenvalue weighted by Gasteiger charge is -2.14. The summed E-state index contributed by atoms with van der Waals surface area (Å²) in [5, 5.41) is 12.8. The van der Waals surface area contributed by atoms with E-state index in [4.69, 9.17) is 21.4 Å². The summed E-state index contributed by atoms with van der Waals surface area (Å²) in [7, 11) is 0. The number of nitrogens with one attached hydrogen (secondary N) is 1. The number of ether oxygens (including phenoxy) is 1. The Morgan fingerprint density at radius 3 is 2.67 bits per heavy atom. The number of carboxylic acids is 1. The van der Waals surface area contributed by atoms with Gasteiger partial charge < -0.3 is 15.2 Å². The predicted molar refractivity (Wildman–Crippen MR) is 108 cm³/mol. The molecule has 0 spiro atoms. The first kappa shape index (κ1) is 18.8. The highest BCUT2D eigenvalue weighted by Crippen LogP contribution is 2.26. The smallest absolute Gasteiger partial charge is 0.335 e. The summed E-state index contributed by atoms with van der Waals surface area (Å²) in [4.78, 5) is 11.1. The van der Waals surface area contributed by atoms with E-state index in [1.807, 2.05) is 36.4 Å². The Bertz CT molecular complexity index is 956. The summed E-state index contributed by atoms with van der Waals surface area (Å²) in [6.45, 7) is 3.00. The van der Waals surface area contributed by atoms with Crippen LogP contribution in [0.4, 0.5) is 5.69 Å². The fraction of sp³-hybridized carbons (Fsp3) is 0.136. The van der Waals surface area contributed by atoms with Gasteiger partial charge in [0.1, 0.15) is 12.4 Å². The molecule has 27 heavy (non-hydrogen) atoms. The van der Waals surface area contributed by atoms with Crippen LogP contribution in [0.2, 0.25) is 5.02 Å². The molecule has 0 saturated heterocycles. The van der Waals surface area contributed by atoms with Gasteiger partial charge in [-0.2, -0.15) is 0 Å². The monoisotopic (exact) mass is 381 g/mol. The number of aromatic carboxylic acids is 1. The van der Waals surface area contributed by atoms with Crippen LogP contribution in [0.3, 0.4) is 0 Å². The molecule has 4 nitrogen and oxygen atoms in total. The third-order valence-corrected chi connectivity index (χ3v) is 4.46. The minimum atomic E-state index is -0.989. The fourth-order valence-corrected chi connectivity index (χ4v) is 2.92. The lowest BCUT2D eigenvalue weighted by atomic mass is 10.1. The molecule has 0 fully saturated rings. The van der Waals surface area contributed by atoms with Crippen LogP contribution in [0.5, 0.6) is 5.75 Å². The molecule has 0 saturated carbocycles. The number of carboxylic acid groups (broad SMARTS) is 1. The van der Waals surface area contributed by atoms with Crippen molar-refractivity contribution in [3.8, 4) is 5.75 Å². The zero-order chi connectivity index (χ0) is 19.2. The fourth-order valence-electron chi connectivity index (χ4n) is 2.74. The van der Waals surface area contributed by atoms with Crippen molar-refractivity contribution >= 4 is 23.3 Å². The first-order valence-electron chi connectivity index (χ1n) is 8.56. The molecule has 0 aromatic heterocycles. The number of para-hydroxylation sites is 1. The molecular weight excluding hydrogens is 362 g/mol. The normalized spacial score (nSPS) is 10.4. The van der Waals surface area contributed by atoms with E-state index in [0.29, 0.717) is 23.9 Å². The average Bonchev–Trinajstić information content (AvgIpc) is 2.66. The molecule has 5 heteroatoms. The highest BCUT2D eigenvalue weighted by atomic mass is 35.5. The molecule has 3 rings (SSSR count). The Morgan fingerprint density at radius 1 is 1.07 bits per heavy atom. The Labute approximate surface area is 163 Å². The van der Waals surface area contributed by atoms with Gasteiger partial charge in [-0.1, -0.05) is 59.6 Å². The summed E-state index contributed by atoms with van der Waals surface area (Å²) in [6.07, 6.45) is 0. The van der Waals surface area contributed by atoms with E-state index in [1.54, 1.807) is 6.07 Å². The molecule has 3 aromatic rings. The molecule has 0 amide bonds. The second-order valence-electron chi connectivity index (χ2n) is 6.24. The molecule has 0 heterocycles. The maximum absolute atomic E-state index is 11.1. The molecule has 2 N–H and O–H groups in total. The number of hydrogen-bond acceptors (Lipinski definition) is 3. The largest absolute Gasteiger partial charge is 0.489 e. The van der Waals surface area contributed by atoms with Crippen LogP contribution in [-0.2, 0) is 13.2 Å². The van der Waals surface area contributed by atoms with Crippen molar-refractivity contribution in [2.45, 2.75) is 20.1 Å². The second-order valence-corrected chi connectivity index (χ2v) is 6.65. The van der Waals surface area contributed by atoms with Crippen LogP contribution in [0.15, 0.2) is 66.7 Å². The zero-order valence-electron chi connectivity index (χ0n) is 14.9.